The van der Waals surface area contributed by atoms with Gasteiger partial charge in [-0.2, -0.15) is 0 Å². The lowest BCUT2D eigenvalue weighted by Gasteiger charge is -2.10. The van der Waals surface area contributed by atoms with Crippen LogP contribution in [-0.2, 0) is 11.2 Å². The van der Waals surface area contributed by atoms with Crippen molar-refractivity contribution < 1.29 is 9.90 Å². The quantitative estimate of drug-likeness (QED) is 0.857. The van der Waals surface area contributed by atoms with E-state index in [9.17, 15) is 9.90 Å². The number of pyridine rings is 1. The van der Waals surface area contributed by atoms with Gasteiger partial charge in [0.25, 0.3) is 0 Å². The molecule has 0 radical (unpaired) electrons. The van der Waals surface area contributed by atoms with E-state index >= 15 is 0 Å². The average molecular weight is 282 g/mol. The fourth-order valence-corrected chi connectivity index (χ4v) is 1.95. The third kappa shape index (κ3) is 4.18. The van der Waals surface area contributed by atoms with Gasteiger partial charge >= 0.3 is 5.97 Å². The lowest BCUT2D eigenvalue weighted by molar-refractivity contribution is -0.132. The van der Waals surface area contributed by atoms with E-state index in [1.807, 2.05) is 61.5 Å². The van der Waals surface area contributed by atoms with Crippen molar-refractivity contribution >= 4 is 17.9 Å². The standard InChI is InChI=1S/C17H18N2O2/c1-19(2)16-9-8-14(12-18-16)11-15(17(20)21)10-13-6-4-3-5-7-13/h3-9,11-12H,10H2,1-2H3,(H,20,21). The van der Waals surface area contributed by atoms with Crippen LogP contribution < -0.4 is 4.90 Å². The maximum absolute atomic E-state index is 11.4. The number of carbonyl (C=O) groups is 1. The molecule has 0 aliphatic heterocycles. The summed E-state index contributed by atoms with van der Waals surface area (Å²) in [6.07, 6.45) is 3.75. The Kier molecular flexibility index (Phi) is 4.72. The Morgan fingerprint density at radius 1 is 1.19 bits per heavy atom. The molecule has 0 amide bonds. The fourth-order valence-electron chi connectivity index (χ4n) is 1.95. The highest BCUT2D eigenvalue weighted by atomic mass is 16.4. The van der Waals surface area contributed by atoms with Crippen LogP contribution in [0, 0.1) is 0 Å². The van der Waals surface area contributed by atoms with Gasteiger partial charge in [-0.3, -0.25) is 0 Å². The molecule has 1 aromatic heterocycles. The molecule has 0 aliphatic rings. The van der Waals surface area contributed by atoms with Gasteiger partial charge in [-0.05, 0) is 29.3 Å². The maximum atomic E-state index is 11.4. The zero-order chi connectivity index (χ0) is 15.2. The van der Waals surface area contributed by atoms with E-state index < -0.39 is 5.97 Å². The minimum Gasteiger partial charge on any atom is -0.478 e. The Balaban J connectivity index is 2.23. The minimum atomic E-state index is -0.907. The van der Waals surface area contributed by atoms with Gasteiger partial charge in [0.1, 0.15) is 5.82 Å². The first-order valence-electron chi connectivity index (χ1n) is 6.67. The SMILES string of the molecule is CN(C)c1ccc(C=C(Cc2ccccc2)C(=O)O)cn1. The van der Waals surface area contributed by atoms with Gasteiger partial charge in [-0.25, -0.2) is 9.78 Å². The molecule has 1 aromatic carbocycles. The first kappa shape index (κ1) is 14.8. The molecule has 0 atom stereocenters. The predicted octanol–water partition coefficient (Wildman–Crippen LogP) is 2.86. The van der Waals surface area contributed by atoms with Crippen molar-refractivity contribution in [2.24, 2.45) is 0 Å². The number of hydrogen-bond acceptors (Lipinski definition) is 3. The molecule has 2 aromatic rings. The van der Waals surface area contributed by atoms with Crippen LogP contribution in [-0.4, -0.2) is 30.2 Å². The normalized spacial score (nSPS) is 11.2. The van der Waals surface area contributed by atoms with Crippen LogP contribution in [0.5, 0.6) is 0 Å². The molecular formula is C17H18N2O2. The molecule has 0 saturated heterocycles. The molecule has 21 heavy (non-hydrogen) atoms. The van der Waals surface area contributed by atoms with Crippen LogP contribution in [0.15, 0.2) is 54.2 Å². The van der Waals surface area contributed by atoms with Crippen LogP contribution in [0.4, 0.5) is 5.82 Å². The molecule has 108 valence electrons. The van der Waals surface area contributed by atoms with E-state index in [0.29, 0.717) is 12.0 Å². The molecular weight excluding hydrogens is 264 g/mol. The largest absolute Gasteiger partial charge is 0.478 e. The number of nitrogens with zero attached hydrogens (tertiary/aromatic N) is 2. The smallest absolute Gasteiger partial charge is 0.331 e. The van der Waals surface area contributed by atoms with Crippen molar-refractivity contribution in [1.82, 2.24) is 4.98 Å². The van der Waals surface area contributed by atoms with Gasteiger partial charge < -0.3 is 10.0 Å². The first-order chi connectivity index (χ1) is 10.1. The minimum absolute atomic E-state index is 0.348. The summed E-state index contributed by atoms with van der Waals surface area (Å²) in [6.45, 7) is 0. The highest BCUT2D eigenvalue weighted by molar-refractivity contribution is 5.92. The van der Waals surface area contributed by atoms with E-state index in [4.69, 9.17) is 0 Å². The zero-order valence-electron chi connectivity index (χ0n) is 12.2. The molecule has 0 aliphatic carbocycles. The van der Waals surface area contributed by atoms with Gasteiger partial charge in [0.05, 0.1) is 0 Å². The van der Waals surface area contributed by atoms with Crippen molar-refractivity contribution in [2.75, 3.05) is 19.0 Å². The lowest BCUT2D eigenvalue weighted by Crippen LogP contribution is -2.10. The monoisotopic (exact) mass is 282 g/mol. The summed E-state index contributed by atoms with van der Waals surface area (Å²) in [7, 11) is 3.83. The van der Waals surface area contributed by atoms with Crippen molar-refractivity contribution in [3.05, 3.63) is 65.4 Å². The van der Waals surface area contributed by atoms with Crippen molar-refractivity contribution in [2.45, 2.75) is 6.42 Å². The Hall–Kier alpha value is -2.62. The van der Waals surface area contributed by atoms with E-state index in [1.54, 1.807) is 12.3 Å². The van der Waals surface area contributed by atoms with Gasteiger partial charge in [-0.15, -0.1) is 0 Å². The molecule has 2 rings (SSSR count). The number of aliphatic carboxylic acids is 1. The third-order valence-corrected chi connectivity index (χ3v) is 3.08. The molecule has 0 unspecified atom stereocenters. The summed E-state index contributed by atoms with van der Waals surface area (Å²) in [5.74, 6) is -0.0670. The second kappa shape index (κ2) is 6.70. The Morgan fingerprint density at radius 2 is 1.90 bits per heavy atom. The summed E-state index contributed by atoms with van der Waals surface area (Å²) < 4.78 is 0. The number of hydrogen-bond donors (Lipinski definition) is 1. The zero-order valence-corrected chi connectivity index (χ0v) is 12.2. The summed E-state index contributed by atoms with van der Waals surface area (Å²) in [5, 5.41) is 9.34. The van der Waals surface area contributed by atoms with Crippen molar-refractivity contribution in [1.29, 1.82) is 0 Å². The average Bonchev–Trinajstić information content (AvgIpc) is 2.48. The Morgan fingerprint density at radius 3 is 2.43 bits per heavy atom. The molecule has 0 saturated carbocycles. The Labute approximate surface area is 124 Å². The fraction of sp³-hybridized carbons (Fsp3) is 0.176. The molecule has 4 heteroatoms. The van der Waals surface area contributed by atoms with Crippen LogP contribution >= 0.6 is 0 Å². The predicted molar refractivity (Wildman–Crippen MR) is 84.3 cm³/mol. The van der Waals surface area contributed by atoms with Crippen LogP contribution in [0.1, 0.15) is 11.1 Å². The van der Waals surface area contributed by atoms with Crippen molar-refractivity contribution in [3.8, 4) is 0 Å². The molecule has 0 bridgehead atoms. The summed E-state index contributed by atoms with van der Waals surface area (Å²) >= 11 is 0. The lowest BCUT2D eigenvalue weighted by atomic mass is 10.0. The topological polar surface area (TPSA) is 53.4 Å². The highest BCUT2D eigenvalue weighted by Gasteiger charge is 2.08. The number of benzene rings is 1. The number of rotatable bonds is 5. The number of aromatic nitrogens is 1. The first-order valence-corrected chi connectivity index (χ1v) is 6.67. The van der Waals surface area contributed by atoms with E-state index in [-0.39, 0.29) is 0 Å². The Bertz CT molecular complexity index is 632. The van der Waals surface area contributed by atoms with Crippen LogP contribution in [0.2, 0.25) is 0 Å². The molecule has 0 spiro atoms. The summed E-state index contributed by atoms with van der Waals surface area (Å²) in [4.78, 5) is 17.6. The van der Waals surface area contributed by atoms with Crippen molar-refractivity contribution in [3.63, 3.8) is 0 Å². The van der Waals surface area contributed by atoms with Gasteiger partial charge in [0.15, 0.2) is 0 Å². The van der Waals surface area contributed by atoms with E-state index in [0.717, 1.165) is 16.9 Å². The van der Waals surface area contributed by atoms with Crippen LogP contribution in [0.25, 0.3) is 6.08 Å². The molecule has 0 fully saturated rings. The maximum Gasteiger partial charge on any atom is 0.331 e. The summed E-state index contributed by atoms with van der Waals surface area (Å²) in [6, 6.07) is 13.3. The number of carboxylic acid groups (broad SMARTS) is 1. The molecule has 1 N–H and O–H groups in total. The van der Waals surface area contributed by atoms with Gasteiger partial charge in [0, 0.05) is 32.3 Å². The molecule has 1 heterocycles. The highest BCUT2D eigenvalue weighted by Crippen LogP contribution is 2.14. The number of anilines is 1. The third-order valence-electron chi connectivity index (χ3n) is 3.08. The van der Waals surface area contributed by atoms with E-state index in [2.05, 4.69) is 4.98 Å². The molecule has 4 nitrogen and oxygen atoms in total. The van der Waals surface area contributed by atoms with Gasteiger partial charge in [0.2, 0.25) is 0 Å². The van der Waals surface area contributed by atoms with Crippen LogP contribution in [0.3, 0.4) is 0 Å². The second-order valence-electron chi connectivity index (χ2n) is 4.98. The van der Waals surface area contributed by atoms with E-state index in [1.165, 1.54) is 0 Å². The van der Waals surface area contributed by atoms with Gasteiger partial charge in [-0.1, -0.05) is 30.3 Å². The summed E-state index contributed by atoms with van der Waals surface area (Å²) in [5.41, 5.74) is 2.11. The number of carboxylic acids is 1. The second-order valence-corrected chi connectivity index (χ2v) is 4.98.